The quantitative estimate of drug-likeness (QED) is 0.483. The summed E-state index contributed by atoms with van der Waals surface area (Å²) in [6, 6.07) is 15.0. The van der Waals surface area contributed by atoms with Crippen molar-refractivity contribution in [2.45, 2.75) is 6.42 Å². The molecule has 1 aromatic carbocycles. The van der Waals surface area contributed by atoms with E-state index in [1.54, 1.807) is 31.6 Å². The Kier molecular flexibility index (Phi) is 4.43. The number of hydrogen-bond acceptors (Lipinski definition) is 5. The number of para-hydroxylation sites is 1. The number of benzene rings is 1. The van der Waals surface area contributed by atoms with Crippen molar-refractivity contribution in [2.75, 3.05) is 6.54 Å². The van der Waals surface area contributed by atoms with Gasteiger partial charge in [-0.1, -0.05) is 24.3 Å². The number of imide groups is 1. The number of aromatic nitrogens is 3. The number of rotatable bonds is 4. The molecule has 31 heavy (non-hydrogen) atoms. The minimum atomic E-state index is -0.453. The van der Waals surface area contributed by atoms with Crippen molar-refractivity contribution in [1.82, 2.24) is 19.4 Å². The Morgan fingerprint density at radius 1 is 0.871 bits per heavy atom. The first-order chi connectivity index (χ1) is 15.0. The highest BCUT2D eigenvalue weighted by Crippen LogP contribution is 2.30. The zero-order valence-corrected chi connectivity index (χ0v) is 16.8. The van der Waals surface area contributed by atoms with Crippen molar-refractivity contribution in [3.8, 4) is 11.1 Å². The van der Waals surface area contributed by atoms with Crippen LogP contribution in [0.5, 0.6) is 0 Å². The third-order valence-corrected chi connectivity index (χ3v) is 5.53. The lowest BCUT2D eigenvalue weighted by Crippen LogP contribution is -2.32. The van der Waals surface area contributed by atoms with E-state index >= 15 is 0 Å². The fraction of sp³-hybridized carbons (Fsp3) is 0.125. The van der Waals surface area contributed by atoms with Gasteiger partial charge in [-0.05, 0) is 29.8 Å². The summed E-state index contributed by atoms with van der Waals surface area (Å²) in [7, 11) is 1.58. The highest BCUT2D eigenvalue weighted by molar-refractivity contribution is 6.23. The number of carbonyl (C=O) groups is 2. The highest BCUT2D eigenvalue weighted by atomic mass is 16.2. The van der Waals surface area contributed by atoms with Crippen molar-refractivity contribution in [1.29, 1.82) is 0 Å². The van der Waals surface area contributed by atoms with Crippen LogP contribution in [0.25, 0.3) is 22.0 Å². The summed E-state index contributed by atoms with van der Waals surface area (Å²) in [4.78, 5) is 48.9. The number of nitrogens with zero attached hydrogens (tertiary/aromatic N) is 4. The minimum absolute atomic E-state index is 0.158. The second-order valence-electron chi connectivity index (χ2n) is 7.45. The number of hydrogen-bond donors (Lipinski definition) is 0. The van der Waals surface area contributed by atoms with Crippen LogP contribution in [0.4, 0.5) is 0 Å². The second-order valence-corrected chi connectivity index (χ2v) is 7.45. The lowest BCUT2D eigenvalue weighted by molar-refractivity contribution is 0.0656. The van der Waals surface area contributed by atoms with E-state index in [-0.39, 0.29) is 28.8 Å². The Labute approximate surface area is 177 Å². The molecule has 4 aromatic rings. The minimum Gasteiger partial charge on any atom is -0.317 e. The molecule has 0 spiro atoms. The topological polar surface area (TPSA) is 85.2 Å². The van der Waals surface area contributed by atoms with E-state index in [0.29, 0.717) is 12.0 Å². The van der Waals surface area contributed by atoms with Gasteiger partial charge in [-0.25, -0.2) is 0 Å². The van der Waals surface area contributed by atoms with Crippen molar-refractivity contribution in [3.05, 3.63) is 94.3 Å². The molecule has 0 fully saturated rings. The maximum atomic E-state index is 13.2. The van der Waals surface area contributed by atoms with Gasteiger partial charge >= 0.3 is 0 Å². The molecule has 0 N–H and O–H groups in total. The number of aryl methyl sites for hydroxylation is 1. The molecule has 1 aliphatic rings. The van der Waals surface area contributed by atoms with Gasteiger partial charge in [0.25, 0.3) is 17.4 Å². The molecule has 152 valence electrons. The van der Waals surface area contributed by atoms with Gasteiger partial charge in [0.05, 0.1) is 22.2 Å². The molecular formula is C24H18N4O3. The summed E-state index contributed by atoms with van der Waals surface area (Å²) in [6.07, 6.45) is 4.98. The van der Waals surface area contributed by atoms with Crippen LogP contribution < -0.4 is 5.56 Å². The van der Waals surface area contributed by atoms with Crippen LogP contribution in [0.2, 0.25) is 0 Å². The summed E-state index contributed by atoms with van der Waals surface area (Å²) in [5, 5.41) is 1.03. The Morgan fingerprint density at radius 3 is 2.45 bits per heavy atom. The van der Waals surface area contributed by atoms with E-state index in [1.807, 2.05) is 36.4 Å². The smallest absolute Gasteiger partial charge is 0.263 e. The molecule has 0 bridgehead atoms. The first-order valence-electron chi connectivity index (χ1n) is 9.89. The van der Waals surface area contributed by atoms with Crippen molar-refractivity contribution in [3.63, 3.8) is 0 Å². The van der Waals surface area contributed by atoms with Gasteiger partial charge in [0, 0.05) is 49.7 Å². The zero-order chi connectivity index (χ0) is 21.5. The molecule has 7 heteroatoms. The molecule has 1 aliphatic heterocycles. The van der Waals surface area contributed by atoms with E-state index in [2.05, 4.69) is 9.97 Å². The maximum Gasteiger partial charge on any atom is 0.263 e. The normalized spacial score (nSPS) is 13.1. The summed E-state index contributed by atoms with van der Waals surface area (Å²) in [6.45, 7) is 0.186. The van der Waals surface area contributed by atoms with Crippen LogP contribution in [0, 0.1) is 0 Å². The molecule has 4 heterocycles. The Bertz CT molecular complexity index is 1410. The van der Waals surface area contributed by atoms with Gasteiger partial charge < -0.3 is 4.57 Å². The highest BCUT2D eigenvalue weighted by Gasteiger charge is 2.39. The monoisotopic (exact) mass is 410 g/mol. The number of fused-ring (bicyclic) bond motifs is 2. The third kappa shape index (κ3) is 3.11. The van der Waals surface area contributed by atoms with E-state index in [0.717, 1.165) is 16.6 Å². The zero-order valence-electron chi connectivity index (χ0n) is 16.8. The fourth-order valence-corrected chi connectivity index (χ4v) is 3.95. The van der Waals surface area contributed by atoms with Gasteiger partial charge in [0.1, 0.15) is 0 Å². The summed E-state index contributed by atoms with van der Waals surface area (Å²) in [5.74, 6) is -0.850. The second kappa shape index (κ2) is 7.28. The molecule has 0 radical (unpaired) electrons. The number of amides is 2. The van der Waals surface area contributed by atoms with E-state index < -0.39 is 11.8 Å². The number of pyridine rings is 3. The molecular weight excluding hydrogens is 392 g/mol. The SMILES string of the molecule is Cn1cc2c(c(-c3ccncc3)c1=O)C(=O)N(CCc1ccc3ccccc3n1)C2=O. The summed E-state index contributed by atoms with van der Waals surface area (Å²) < 4.78 is 1.34. The van der Waals surface area contributed by atoms with Crippen LogP contribution >= 0.6 is 0 Å². The number of carbonyl (C=O) groups excluding carboxylic acids is 2. The predicted octanol–water partition coefficient (Wildman–Crippen LogP) is 2.83. The molecule has 0 aliphatic carbocycles. The summed E-state index contributed by atoms with van der Waals surface area (Å²) in [5.41, 5.74) is 2.52. The van der Waals surface area contributed by atoms with Crippen molar-refractivity contribution < 1.29 is 9.59 Å². The molecule has 5 rings (SSSR count). The van der Waals surface area contributed by atoms with Gasteiger partial charge in [0.15, 0.2) is 0 Å². The molecule has 0 saturated carbocycles. The van der Waals surface area contributed by atoms with Gasteiger partial charge in [-0.15, -0.1) is 0 Å². The van der Waals surface area contributed by atoms with Crippen molar-refractivity contribution >= 4 is 22.7 Å². The molecule has 2 amide bonds. The molecule has 0 atom stereocenters. The van der Waals surface area contributed by atoms with Crippen LogP contribution in [-0.4, -0.2) is 37.8 Å². The fourth-order valence-electron chi connectivity index (χ4n) is 3.95. The van der Waals surface area contributed by atoms with Gasteiger partial charge in [0.2, 0.25) is 0 Å². The Balaban J connectivity index is 1.49. The van der Waals surface area contributed by atoms with Crippen LogP contribution in [0.15, 0.2) is 71.9 Å². The average molecular weight is 410 g/mol. The molecule has 7 nitrogen and oxygen atoms in total. The van der Waals surface area contributed by atoms with Crippen molar-refractivity contribution in [2.24, 2.45) is 7.05 Å². The van der Waals surface area contributed by atoms with Crippen LogP contribution in [0.1, 0.15) is 26.4 Å². The molecule has 0 saturated heterocycles. The third-order valence-electron chi connectivity index (χ3n) is 5.53. The lowest BCUT2D eigenvalue weighted by atomic mass is 10.00. The van der Waals surface area contributed by atoms with E-state index in [4.69, 9.17) is 0 Å². The van der Waals surface area contributed by atoms with Gasteiger partial charge in [-0.3, -0.25) is 29.3 Å². The average Bonchev–Trinajstić information content (AvgIpc) is 3.02. The first kappa shape index (κ1) is 18.9. The summed E-state index contributed by atoms with van der Waals surface area (Å²) >= 11 is 0. The Hall–Kier alpha value is -4.13. The maximum absolute atomic E-state index is 13.2. The van der Waals surface area contributed by atoms with Crippen LogP contribution in [-0.2, 0) is 13.5 Å². The lowest BCUT2D eigenvalue weighted by Gasteiger charge is -2.13. The van der Waals surface area contributed by atoms with Gasteiger partial charge in [-0.2, -0.15) is 0 Å². The largest absolute Gasteiger partial charge is 0.317 e. The molecule has 0 unspecified atom stereocenters. The van der Waals surface area contributed by atoms with E-state index in [1.165, 1.54) is 15.7 Å². The standard InChI is InChI=1S/C24H18N4O3/c1-27-14-18-21(20(23(27)30)16-8-11-25-12-9-16)24(31)28(22(18)29)13-10-17-7-6-15-4-2-3-5-19(15)26-17/h2-9,11-12,14H,10,13H2,1H3. The first-order valence-corrected chi connectivity index (χ1v) is 9.89. The predicted molar refractivity (Wildman–Crippen MR) is 116 cm³/mol. The molecule has 3 aromatic heterocycles. The van der Waals surface area contributed by atoms with E-state index in [9.17, 15) is 14.4 Å². The Morgan fingerprint density at radius 2 is 1.65 bits per heavy atom. The van der Waals surface area contributed by atoms with Crippen LogP contribution in [0.3, 0.4) is 0 Å².